The zero-order chi connectivity index (χ0) is 19.9. The van der Waals surface area contributed by atoms with Gasteiger partial charge in [0.05, 0.1) is 17.5 Å². The van der Waals surface area contributed by atoms with E-state index >= 15 is 0 Å². The molecule has 1 aliphatic heterocycles. The largest absolute Gasteiger partial charge is 0.477 e. The average Bonchev–Trinajstić information content (AvgIpc) is 3.28. The third-order valence-electron chi connectivity index (χ3n) is 4.82. The number of H-pyrrole nitrogens is 2. The predicted octanol–water partition coefficient (Wildman–Crippen LogP) is 3.08. The lowest BCUT2D eigenvalue weighted by molar-refractivity contribution is -0.137. The van der Waals surface area contributed by atoms with Gasteiger partial charge in [0, 0.05) is 48.4 Å². The summed E-state index contributed by atoms with van der Waals surface area (Å²) >= 11 is 0. The van der Waals surface area contributed by atoms with E-state index in [1.54, 1.807) is 0 Å². The molecule has 3 heterocycles. The average molecular weight is 391 g/mol. The van der Waals surface area contributed by atoms with Crippen molar-refractivity contribution in [1.29, 1.82) is 0 Å². The molecule has 1 aliphatic rings. The standard InChI is InChI=1S/C18H16F3N5O2/c19-18(20,21)12-3-1-10(2-4-12)15-13-9-26(6-5-14(13)23-25-15)8-11-7-22-24-16(11)17(27)28/h1-4,7H,5-6,8-9H2,(H,22,24)(H,23,25)(H,27,28). The summed E-state index contributed by atoms with van der Waals surface area (Å²) in [4.78, 5) is 13.3. The molecular formula is C18H16F3N5O2. The van der Waals surface area contributed by atoms with Crippen LogP contribution in [0.1, 0.15) is 32.9 Å². The Morgan fingerprint density at radius 3 is 2.64 bits per heavy atom. The quantitative estimate of drug-likeness (QED) is 0.635. The van der Waals surface area contributed by atoms with Gasteiger partial charge in [0.25, 0.3) is 0 Å². The minimum atomic E-state index is -4.38. The van der Waals surface area contributed by atoms with E-state index in [0.29, 0.717) is 42.9 Å². The molecule has 0 saturated carbocycles. The van der Waals surface area contributed by atoms with Crippen molar-refractivity contribution >= 4 is 5.97 Å². The highest BCUT2D eigenvalue weighted by molar-refractivity contribution is 5.86. The topological polar surface area (TPSA) is 97.9 Å². The highest BCUT2D eigenvalue weighted by atomic mass is 19.4. The lowest BCUT2D eigenvalue weighted by atomic mass is 9.99. The number of rotatable bonds is 4. The Balaban J connectivity index is 1.57. The van der Waals surface area contributed by atoms with Crippen LogP contribution in [0.15, 0.2) is 30.5 Å². The number of carboxylic acids is 1. The second kappa shape index (κ2) is 6.79. The highest BCUT2D eigenvalue weighted by Crippen LogP contribution is 2.33. The van der Waals surface area contributed by atoms with Crippen molar-refractivity contribution in [3.63, 3.8) is 0 Å². The summed E-state index contributed by atoms with van der Waals surface area (Å²) in [5.74, 6) is -1.07. The SMILES string of the molecule is O=C(O)c1[nH]ncc1CN1CCc2[nH]nc(-c3ccc(C(F)(F)F)cc3)c2C1. The van der Waals surface area contributed by atoms with Gasteiger partial charge in [-0.3, -0.25) is 15.1 Å². The minimum absolute atomic E-state index is 0.0564. The predicted molar refractivity (Wildman–Crippen MR) is 92.4 cm³/mol. The molecule has 28 heavy (non-hydrogen) atoms. The Labute approximate surface area is 157 Å². The van der Waals surface area contributed by atoms with Crippen LogP contribution >= 0.6 is 0 Å². The molecule has 0 unspecified atom stereocenters. The molecular weight excluding hydrogens is 375 g/mol. The molecule has 2 aromatic heterocycles. The van der Waals surface area contributed by atoms with Gasteiger partial charge >= 0.3 is 12.1 Å². The zero-order valence-electron chi connectivity index (χ0n) is 14.5. The fraction of sp³-hybridized carbons (Fsp3) is 0.278. The van der Waals surface area contributed by atoms with E-state index < -0.39 is 17.7 Å². The van der Waals surface area contributed by atoms with Gasteiger partial charge in [-0.05, 0) is 12.1 Å². The maximum absolute atomic E-state index is 12.8. The molecule has 0 spiro atoms. The monoisotopic (exact) mass is 391 g/mol. The number of alkyl halides is 3. The first-order chi connectivity index (χ1) is 13.3. The van der Waals surface area contributed by atoms with E-state index in [0.717, 1.165) is 23.4 Å². The molecule has 0 atom stereocenters. The van der Waals surface area contributed by atoms with Crippen LogP contribution in [-0.2, 0) is 25.7 Å². The summed E-state index contributed by atoms with van der Waals surface area (Å²) < 4.78 is 38.3. The van der Waals surface area contributed by atoms with Gasteiger partial charge in [-0.2, -0.15) is 23.4 Å². The van der Waals surface area contributed by atoms with Crippen LogP contribution in [0.5, 0.6) is 0 Å². The van der Waals surface area contributed by atoms with Gasteiger partial charge in [-0.1, -0.05) is 12.1 Å². The number of fused-ring (bicyclic) bond motifs is 1. The molecule has 0 aliphatic carbocycles. The second-order valence-corrected chi connectivity index (χ2v) is 6.64. The molecule has 0 radical (unpaired) electrons. The molecule has 0 bridgehead atoms. The number of benzene rings is 1. The fourth-order valence-electron chi connectivity index (χ4n) is 3.40. The summed E-state index contributed by atoms with van der Waals surface area (Å²) in [5, 5.41) is 22.7. The van der Waals surface area contributed by atoms with Crippen LogP contribution < -0.4 is 0 Å². The Hall–Kier alpha value is -3.14. The molecule has 1 aromatic carbocycles. The van der Waals surface area contributed by atoms with Crippen LogP contribution in [0, 0.1) is 0 Å². The van der Waals surface area contributed by atoms with Gasteiger partial charge in [0.15, 0.2) is 0 Å². The number of aromatic carboxylic acids is 1. The summed E-state index contributed by atoms with van der Waals surface area (Å²) in [6.45, 7) is 1.60. The third kappa shape index (κ3) is 3.38. The Bertz CT molecular complexity index is 1010. The minimum Gasteiger partial charge on any atom is -0.477 e. The number of aromatic amines is 2. The zero-order valence-corrected chi connectivity index (χ0v) is 14.5. The molecule has 3 aromatic rings. The van der Waals surface area contributed by atoms with Crippen molar-refractivity contribution < 1.29 is 23.1 Å². The van der Waals surface area contributed by atoms with Crippen molar-refractivity contribution in [2.45, 2.75) is 25.7 Å². The summed E-state index contributed by atoms with van der Waals surface area (Å²) in [6.07, 6.45) is -2.21. The van der Waals surface area contributed by atoms with Gasteiger partial charge in [0.2, 0.25) is 0 Å². The maximum atomic E-state index is 12.8. The van der Waals surface area contributed by atoms with Gasteiger partial charge < -0.3 is 5.11 Å². The van der Waals surface area contributed by atoms with E-state index in [1.165, 1.54) is 18.3 Å². The number of nitrogens with zero attached hydrogens (tertiary/aromatic N) is 3. The Kier molecular flexibility index (Phi) is 4.42. The number of nitrogens with one attached hydrogen (secondary N) is 2. The number of carbonyl (C=O) groups is 1. The van der Waals surface area contributed by atoms with Crippen LogP contribution in [0.2, 0.25) is 0 Å². The Morgan fingerprint density at radius 1 is 1.21 bits per heavy atom. The lowest BCUT2D eigenvalue weighted by Gasteiger charge is -2.26. The molecule has 4 rings (SSSR count). The summed E-state index contributed by atoms with van der Waals surface area (Å²) in [5.41, 5.74) is 2.99. The third-order valence-corrected chi connectivity index (χ3v) is 4.82. The number of aromatic nitrogens is 4. The first-order valence-corrected chi connectivity index (χ1v) is 8.54. The number of hydrogen-bond donors (Lipinski definition) is 3. The van der Waals surface area contributed by atoms with E-state index in [2.05, 4.69) is 25.3 Å². The van der Waals surface area contributed by atoms with Crippen molar-refractivity contribution in [3.8, 4) is 11.3 Å². The lowest BCUT2D eigenvalue weighted by Crippen LogP contribution is -2.30. The van der Waals surface area contributed by atoms with Crippen molar-refractivity contribution in [3.05, 3.63) is 58.5 Å². The summed E-state index contributed by atoms with van der Waals surface area (Å²) in [7, 11) is 0. The van der Waals surface area contributed by atoms with Gasteiger partial charge in [-0.25, -0.2) is 4.79 Å². The second-order valence-electron chi connectivity index (χ2n) is 6.64. The number of hydrogen-bond acceptors (Lipinski definition) is 4. The van der Waals surface area contributed by atoms with Crippen molar-refractivity contribution in [2.24, 2.45) is 0 Å². The van der Waals surface area contributed by atoms with Crippen LogP contribution in [0.4, 0.5) is 13.2 Å². The van der Waals surface area contributed by atoms with Crippen LogP contribution in [-0.4, -0.2) is 42.9 Å². The van der Waals surface area contributed by atoms with Gasteiger partial charge in [-0.15, -0.1) is 0 Å². The summed E-state index contributed by atoms with van der Waals surface area (Å²) in [6, 6.07) is 4.91. The highest BCUT2D eigenvalue weighted by Gasteiger charge is 2.30. The van der Waals surface area contributed by atoms with Crippen molar-refractivity contribution in [1.82, 2.24) is 25.3 Å². The normalized spacial score (nSPS) is 14.8. The van der Waals surface area contributed by atoms with Crippen molar-refractivity contribution in [2.75, 3.05) is 6.54 Å². The van der Waals surface area contributed by atoms with Crippen LogP contribution in [0.3, 0.4) is 0 Å². The maximum Gasteiger partial charge on any atom is 0.416 e. The molecule has 0 fully saturated rings. The number of carboxylic acid groups (broad SMARTS) is 1. The molecule has 10 heteroatoms. The fourth-order valence-corrected chi connectivity index (χ4v) is 3.40. The van der Waals surface area contributed by atoms with E-state index in [9.17, 15) is 23.1 Å². The molecule has 0 amide bonds. The van der Waals surface area contributed by atoms with E-state index in [-0.39, 0.29) is 5.69 Å². The first kappa shape index (κ1) is 18.2. The Morgan fingerprint density at radius 2 is 1.96 bits per heavy atom. The number of halogens is 3. The molecule has 7 nitrogen and oxygen atoms in total. The van der Waals surface area contributed by atoms with Gasteiger partial charge in [0.1, 0.15) is 5.69 Å². The molecule has 0 saturated heterocycles. The first-order valence-electron chi connectivity index (χ1n) is 8.54. The van der Waals surface area contributed by atoms with Crippen LogP contribution in [0.25, 0.3) is 11.3 Å². The van der Waals surface area contributed by atoms with E-state index in [1.807, 2.05) is 0 Å². The smallest absolute Gasteiger partial charge is 0.416 e. The van der Waals surface area contributed by atoms with E-state index in [4.69, 9.17) is 0 Å². The molecule has 3 N–H and O–H groups in total. The molecule has 146 valence electrons.